The van der Waals surface area contributed by atoms with E-state index in [0.717, 1.165) is 12.4 Å². The minimum Gasteiger partial charge on any atom is -0.387 e. The molecule has 2 aliphatic rings. The molecule has 0 bridgehead atoms. The fraction of sp³-hybridized carbons (Fsp3) is 0.917. The van der Waals surface area contributed by atoms with Gasteiger partial charge < -0.3 is 5.73 Å². The first kappa shape index (κ1) is 11.3. The van der Waals surface area contributed by atoms with Crippen molar-refractivity contribution in [3.63, 3.8) is 0 Å². The van der Waals surface area contributed by atoms with Crippen LogP contribution in [-0.2, 0) is 0 Å². The van der Waals surface area contributed by atoms with Crippen LogP contribution in [0.3, 0.4) is 0 Å². The van der Waals surface area contributed by atoms with Crippen molar-refractivity contribution in [2.75, 3.05) is 12.8 Å². The van der Waals surface area contributed by atoms with E-state index in [1.807, 2.05) is 11.8 Å². The molecule has 0 saturated heterocycles. The maximum Gasteiger partial charge on any atom is 0.0969 e. The van der Waals surface area contributed by atoms with Gasteiger partial charge in [0.1, 0.15) is 0 Å². The van der Waals surface area contributed by atoms with Crippen molar-refractivity contribution in [1.29, 1.82) is 0 Å². The Morgan fingerprint density at radius 1 is 1.33 bits per heavy atom. The van der Waals surface area contributed by atoms with Crippen LogP contribution >= 0.6 is 11.8 Å². The van der Waals surface area contributed by atoms with Gasteiger partial charge in [-0.15, -0.1) is 0 Å². The van der Waals surface area contributed by atoms with Crippen molar-refractivity contribution in [2.45, 2.75) is 49.7 Å². The summed E-state index contributed by atoms with van der Waals surface area (Å²) in [6.45, 7) is 0.955. The molecule has 2 N–H and O–H groups in total. The quantitative estimate of drug-likeness (QED) is 0.591. The van der Waals surface area contributed by atoms with Crippen LogP contribution in [0, 0.1) is 5.92 Å². The largest absolute Gasteiger partial charge is 0.387 e. The smallest absolute Gasteiger partial charge is 0.0969 e. The SMILES string of the molecule is CSC1(CN=C(N)C2CCCC2)CCC1. The van der Waals surface area contributed by atoms with Crippen molar-refractivity contribution in [2.24, 2.45) is 16.6 Å². The van der Waals surface area contributed by atoms with Crippen LogP contribution in [0.1, 0.15) is 44.9 Å². The van der Waals surface area contributed by atoms with Crippen LogP contribution in [0.25, 0.3) is 0 Å². The Morgan fingerprint density at radius 3 is 2.47 bits per heavy atom. The van der Waals surface area contributed by atoms with E-state index in [1.165, 1.54) is 44.9 Å². The molecule has 3 heteroatoms. The lowest BCUT2D eigenvalue weighted by atomic mass is 9.84. The molecule has 0 unspecified atom stereocenters. The van der Waals surface area contributed by atoms with E-state index in [4.69, 9.17) is 5.73 Å². The summed E-state index contributed by atoms with van der Waals surface area (Å²) in [5.74, 6) is 1.54. The zero-order valence-electron chi connectivity index (χ0n) is 9.67. The highest BCUT2D eigenvalue weighted by Gasteiger charge is 2.36. The first-order chi connectivity index (χ1) is 7.26. The molecule has 2 rings (SSSR count). The number of amidine groups is 1. The van der Waals surface area contributed by atoms with E-state index < -0.39 is 0 Å². The fourth-order valence-electron chi connectivity index (χ4n) is 2.58. The van der Waals surface area contributed by atoms with Gasteiger partial charge in [-0.25, -0.2) is 0 Å². The van der Waals surface area contributed by atoms with Crippen LogP contribution in [-0.4, -0.2) is 23.4 Å². The molecule has 0 radical (unpaired) electrons. The van der Waals surface area contributed by atoms with Gasteiger partial charge in [0.05, 0.1) is 12.4 Å². The number of nitrogens with two attached hydrogens (primary N) is 1. The highest BCUT2D eigenvalue weighted by Crippen LogP contribution is 2.43. The number of aliphatic imine (C=N–C) groups is 1. The molecule has 0 aromatic rings. The monoisotopic (exact) mass is 226 g/mol. The van der Waals surface area contributed by atoms with Gasteiger partial charge in [-0.05, 0) is 31.9 Å². The Labute approximate surface area is 97.1 Å². The van der Waals surface area contributed by atoms with Gasteiger partial charge in [0.2, 0.25) is 0 Å². The molecule has 0 heterocycles. The number of nitrogens with zero attached hydrogens (tertiary/aromatic N) is 1. The molecule has 2 saturated carbocycles. The first-order valence-electron chi connectivity index (χ1n) is 6.11. The van der Waals surface area contributed by atoms with E-state index in [0.29, 0.717) is 10.7 Å². The lowest BCUT2D eigenvalue weighted by Crippen LogP contribution is -2.37. The Balaban J connectivity index is 1.86. The lowest BCUT2D eigenvalue weighted by Gasteiger charge is -2.39. The maximum atomic E-state index is 6.06. The minimum absolute atomic E-state index is 0.448. The van der Waals surface area contributed by atoms with Crippen LogP contribution in [0.15, 0.2) is 4.99 Å². The van der Waals surface area contributed by atoms with Gasteiger partial charge in [0.25, 0.3) is 0 Å². The first-order valence-corrected chi connectivity index (χ1v) is 7.33. The predicted molar refractivity (Wildman–Crippen MR) is 68.5 cm³/mol. The molecule has 0 spiro atoms. The van der Waals surface area contributed by atoms with Gasteiger partial charge >= 0.3 is 0 Å². The highest BCUT2D eigenvalue weighted by atomic mass is 32.2. The van der Waals surface area contributed by atoms with Gasteiger partial charge in [0.15, 0.2) is 0 Å². The second-order valence-corrected chi connectivity index (χ2v) is 6.24. The molecule has 86 valence electrons. The van der Waals surface area contributed by atoms with Gasteiger partial charge in [-0.1, -0.05) is 19.3 Å². The zero-order valence-corrected chi connectivity index (χ0v) is 10.5. The maximum absolute atomic E-state index is 6.06. The summed E-state index contributed by atoms with van der Waals surface area (Å²) < 4.78 is 0.448. The zero-order chi connectivity index (χ0) is 10.7. The van der Waals surface area contributed by atoms with Crippen LogP contribution in [0.5, 0.6) is 0 Å². The lowest BCUT2D eigenvalue weighted by molar-refractivity contribution is 0.372. The molecule has 15 heavy (non-hydrogen) atoms. The van der Waals surface area contributed by atoms with Crippen molar-refractivity contribution in [1.82, 2.24) is 0 Å². The summed E-state index contributed by atoms with van der Waals surface area (Å²) in [5.41, 5.74) is 6.06. The van der Waals surface area contributed by atoms with Gasteiger partial charge in [0, 0.05) is 10.7 Å². The molecule has 0 atom stereocenters. The van der Waals surface area contributed by atoms with Crippen molar-refractivity contribution >= 4 is 17.6 Å². The molecule has 0 aromatic carbocycles. The molecule has 2 nitrogen and oxygen atoms in total. The van der Waals surface area contributed by atoms with E-state index in [1.54, 1.807) is 0 Å². The predicted octanol–water partition coefficient (Wildman–Crippen LogP) is 2.82. The third-order valence-corrected chi connectivity index (χ3v) is 5.42. The molecule has 0 aromatic heterocycles. The summed E-state index contributed by atoms with van der Waals surface area (Å²) >= 11 is 1.98. The topological polar surface area (TPSA) is 38.4 Å². The third kappa shape index (κ3) is 2.49. The summed E-state index contributed by atoms with van der Waals surface area (Å²) in [7, 11) is 0. The van der Waals surface area contributed by atoms with Gasteiger partial charge in [-0.3, -0.25) is 4.99 Å². The van der Waals surface area contributed by atoms with Crippen molar-refractivity contribution in [3.8, 4) is 0 Å². The summed E-state index contributed by atoms with van der Waals surface area (Å²) in [5, 5.41) is 0. The summed E-state index contributed by atoms with van der Waals surface area (Å²) in [4.78, 5) is 4.64. The molecule has 2 aliphatic carbocycles. The van der Waals surface area contributed by atoms with Gasteiger partial charge in [-0.2, -0.15) is 11.8 Å². The van der Waals surface area contributed by atoms with Crippen LogP contribution in [0.4, 0.5) is 0 Å². The van der Waals surface area contributed by atoms with E-state index in [9.17, 15) is 0 Å². The minimum atomic E-state index is 0.448. The van der Waals surface area contributed by atoms with Crippen LogP contribution in [0.2, 0.25) is 0 Å². The van der Waals surface area contributed by atoms with E-state index in [2.05, 4.69) is 11.2 Å². The van der Waals surface area contributed by atoms with Crippen molar-refractivity contribution < 1.29 is 0 Å². The van der Waals surface area contributed by atoms with Crippen LogP contribution < -0.4 is 5.73 Å². The normalized spacial score (nSPS) is 26.6. The summed E-state index contributed by atoms with van der Waals surface area (Å²) in [6, 6.07) is 0. The molecule has 0 amide bonds. The Morgan fingerprint density at radius 2 is 2.00 bits per heavy atom. The third-order valence-electron chi connectivity index (χ3n) is 4.02. The molecule has 2 fully saturated rings. The molecular weight excluding hydrogens is 204 g/mol. The van der Waals surface area contributed by atoms with Crippen molar-refractivity contribution in [3.05, 3.63) is 0 Å². The van der Waals surface area contributed by atoms with E-state index >= 15 is 0 Å². The standard InChI is InChI=1S/C12H22N2S/c1-15-12(7-4-8-12)9-14-11(13)10-5-2-3-6-10/h10H,2-9H2,1H3,(H2,13,14). The summed E-state index contributed by atoms with van der Waals surface area (Å²) in [6.07, 6.45) is 11.5. The Hall–Kier alpha value is -0.180. The molecular formula is C12H22N2S. The second-order valence-electron chi connectivity index (χ2n) is 4.96. The van der Waals surface area contributed by atoms with E-state index in [-0.39, 0.29) is 0 Å². The Kier molecular flexibility index (Phi) is 3.60. The fourth-order valence-corrected chi connectivity index (χ4v) is 3.47. The second kappa shape index (κ2) is 4.77. The number of rotatable bonds is 4. The average molecular weight is 226 g/mol. The number of thioether (sulfide) groups is 1. The molecule has 0 aliphatic heterocycles. The number of hydrogen-bond donors (Lipinski definition) is 1. The number of hydrogen-bond acceptors (Lipinski definition) is 2. The Bertz CT molecular complexity index is 234. The highest BCUT2D eigenvalue weighted by molar-refractivity contribution is 8.00. The average Bonchev–Trinajstić information content (AvgIpc) is 2.69.